The van der Waals surface area contributed by atoms with Crippen LogP contribution in [0.15, 0.2) is 39.7 Å². The van der Waals surface area contributed by atoms with Crippen LogP contribution in [0.2, 0.25) is 0 Å². The molecule has 120 valence electrons. The third kappa shape index (κ3) is 5.32. The monoisotopic (exact) mass is 414 g/mol. The van der Waals surface area contributed by atoms with Gasteiger partial charge in [-0.25, -0.2) is 9.98 Å². The van der Waals surface area contributed by atoms with Gasteiger partial charge in [-0.2, -0.15) is 0 Å². The summed E-state index contributed by atoms with van der Waals surface area (Å²) < 4.78 is 5.56. The lowest BCUT2D eigenvalue weighted by Gasteiger charge is -2.16. The number of halogens is 1. The van der Waals surface area contributed by atoms with Gasteiger partial charge in [0.2, 0.25) is 5.89 Å². The average molecular weight is 414 g/mol. The number of nitrogens with one attached hydrogen (secondary N) is 1. The molecule has 0 aliphatic rings. The molecule has 0 atom stereocenters. The number of hydrogen-bond donors (Lipinski definition) is 1. The molecule has 0 saturated heterocycles. The Bertz CT molecular complexity index is 588. The molecule has 1 aromatic carbocycles. The van der Waals surface area contributed by atoms with Gasteiger partial charge >= 0.3 is 0 Å². The molecule has 5 nitrogen and oxygen atoms in total. The van der Waals surface area contributed by atoms with Crippen LogP contribution in [0.5, 0.6) is 0 Å². The Labute approximate surface area is 148 Å². The molecule has 1 N–H and O–H groups in total. The van der Waals surface area contributed by atoms with Crippen LogP contribution >= 0.6 is 24.0 Å². The molecule has 1 aromatic heterocycles. The second-order valence-electron chi connectivity index (χ2n) is 5.12. The van der Waals surface area contributed by atoms with E-state index in [0.29, 0.717) is 19.0 Å². The van der Waals surface area contributed by atoms with Crippen molar-refractivity contribution >= 4 is 29.9 Å². The van der Waals surface area contributed by atoms with Crippen LogP contribution in [0.3, 0.4) is 0 Å². The number of hydrogen-bond acceptors (Lipinski definition) is 3. The summed E-state index contributed by atoms with van der Waals surface area (Å²) in [5, 5.41) is 3.27. The summed E-state index contributed by atoms with van der Waals surface area (Å²) in [6.07, 6.45) is 0. The number of oxazole rings is 1. The van der Waals surface area contributed by atoms with Crippen molar-refractivity contribution in [2.24, 2.45) is 4.99 Å². The van der Waals surface area contributed by atoms with Crippen LogP contribution in [0.4, 0.5) is 0 Å². The minimum absolute atomic E-state index is 0. The van der Waals surface area contributed by atoms with Crippen LogP contribution in [0.25, 0.3) is 0 Å². The molecule has 0 amide bonds. The Kier molecular flexibility index (Phi) is 7.37. The van der Waals surface area contributed by atoms with E-state index in [-0.39, 0.29) is 24.0 Å². The van der Waals surface area contributed by atoms with Crippen LogP contribution in [-0.4, -0.2) is 29.9 Å². The highest BCUT2D eigenvalue weighted by molar-refractivity contribution is 14.0. The summed E-state index contributed by atoms with van der Waals surface area (Å²) in [6, 6.07) is 10.2. The zero-order valence-electron chi connectivity index (χ0n) is 13.5. The fraction of sp³-hybridized carbons (Fsp3) is 0.375. The minimum Gasteiger partial charge on any atom is -0.444 e. The molecule has 0 aliphatic carbocycles. The van der Waals surface area contributed by atoms with E-state index in [9.17, 15) is 0 Å². The molecular weight excluding hydrogens is 391 g/mol. The van der Waals surface area contributed by atoms with E-state index in [1.807, 2.05) is 51.0 Å². The van der Waals surface area contributed by atoms with Crippen LogP contribution in [0, 0.1) is 13.8 Å². The number of aryl methyl sites for hydroxylation is 2. The summed E-state index contributed by atoms with van der Waals surface area (Å²) >= 11 is 0. The van der Waals surface area contributed by atoms with Crippen molar-refractivity contribution in [1.29, 1.82) is 0 Å². The molecule has 0 bridgehead atoms. The summed E-state index contributed by atoms with van der Waals surface area (Å²) in [5.74, 6) is 2.35. The van der Waals surface area contributed by atoms with E-state index in [4.69, 9.17) is 4.42 Å². The Hall–Kier alpha value is -1.57. The maximum Gasteiger partial charge on any atom is 0.214 e. The second kappa shape index (κ2) is 8.77. The highest BCUT2D eigenvalue weighted by Gasteiger charge is 2.07. The highest BCUT2D eigenvalue weighted by atomic mass is 127. The molecule has 0 aliphatic heterocycles. The summed E-state index contributed by atoms with van der Waals surface area (Å²) in [7, 11) is 3.92. The van der Waals surface area contributed by atoms with Crippen molar-refractivity contribution in [2.75, 3.05) is 14.1 Å². The number of rotatable bonds is 4. The number of aromatic nitrogens is 1. The van der Waals surface area contributed by atoms with Crippen molar-refractivity contribution < 1.29 is 4.42 Å². The first-order valence-electron chi connectivity index (χ1n) is 6.98. The molecule has 0 saturated carbocycles. The molecule has 22 heavy (non-hydrogen) atoms. The van der Waals surface area contributed by atoms with Crippen LogP contribution < -0.4 is 5.32 Å². The van der Waals surface area contributed by atoms with Crippen molar-refractivity contribution in [3.8, 4) is 0 Å². The fourth-order valence-corrected chi connectivity index (χ4v) is 1.87. The van der Waals surface area contributed by atoms with Gasteiger partial charge in [-0.15, -0.1) is 24.0 Å². The number of nitrogens with zero attached hydrogens (tertiary/aromatic N) is 3. The van der Waals surface area contributed by atoms with Gasteiger partial charge in [0, 0.05) is 14.1 Å². The maximum absolute atomic E-state index is 5.56. The van der Waals surface area contributed by atoms with Gasteiger partial charge in [-0.1, -0.05) is 30.3 Å². The van der Waals surface area contributed by atoms with Gasteiger partial charge in [-0.3, -0.25) is 0 Å². The number of aliphatic imine (C=N–C) groups is 1. The highest BCUT2D eigenvalue weighted by Crippen LogP contribution is 2.08. The summed E-state index contributed by atoms with van der Waals surface area (Å²) in [6.45, 7) is 5.03. The van der Waals surface area contributed by atoms with Gasteiger partial charge in [0.05, 0.1) is 18.8 Å². The van der Waals surface area contributed by atoms with Gasteiger partial charge in [0.25, 0.3) is 0 Å². The lowest BCUT2D eigenvalue weighted by molar-refractivity contribution is 0.458. The van der Waals surface area contributed by atoms with Gasteiger partial charge in [0.15, 0.2) is 5.96 Å². The topological polar surface area (TPSA) is 53.7 Å². The predicted octanol–water partition coefficient (Wildman–Crippen LogP) is 3.12. The van der Waals surface area contributed by atoms with Crippen molar-refractivity contribution in [2.45, 2.75) is 26.9 Å². The molecule has 2 aromatic rings. The molecule has 0 spiro atoms. The zero-order chi connectivity index (χ0) is 15.2. The lowest BCUT2D eigenvalue weighted by Crippen LogP contribution is -2.36. The van der Waals surface area contributed by atoms with E-state index < -0.39 is 0 Å². The summed E-state index contributed by atoms with van der Waals surface area (Å²) in [4.78, 5) is 10.9. The third-order valence-corrected chi connectivity index (χ3v) is 3.15. The molecule has 1 heterocycles. The number of guanidine groups is 1. The first-order valence-corrected chi connectivity index (χ1v) is 6.98. The van der Waals surface area contributed by atoms with E-state index in [1.54, 1.807) is 0 Å². The normalized spacial score (nSPS) is 11.0. The molecule has 0 unspecified atom stereocenters. The van der Waals surface area contributed by atoms with Gasteiger partial charge in [0.1, 0.15) is 5.76 Å². The molecule has 6 heteroatoms. The first kappa shape index (κ1) is 18.5. The average Bonchev–Trinajstić information content (AvgIpc) is 2.78. The first-order chi connectivity index (χ1) is 10.1. The lowest BCUT2D eigenvalue weighted by atomic mass is 10.2. The summed E-state index contributed by atoms with van der Waals surface area (Å²) in [5.41, 5.74) is 2.11. The Morgan fingerprint density at radius 1 is 1.23 bits per heavy atom. The van der Waals surface area contributed by atoms with Crippen molar-refractivity contribution in [1.82, 2.24) is 15.2 Å². The van der Waals surface area contributed by atoms with Crippen molar-refractivity contribution in [3.63, 3.8) is 0 Å². The van der Waals surface area contributed by atoms with E-state index >= 15 is 0 Å². The Morgan fingerprint density at radius 3 is 2.45 bits per heavy atom. The Morgan fingerprint density at radius 2 is 1.91 bits per heavy atom. The third-order valence-electron chi connectivity index (χ3n) is 3.15. The van der Waals surface area contributed by atoms with Crippen LogP contribution in [-0.2, 0) is 13.1 Å². The number of benzene rings is 1. The molecular formula is C16H23IN4O. The molecule has 0 radical (unpaired) electrons. The zero-order valence-corrected chi connectivity index (χ0v) is 15.8. The predicted molar refractivity (Wildman–Crippen MR) is 99.5 cm³/mol. The van der Waals surface area contributed by atoms with Gasteiger partial charge in [-0.05, 0) is 19.4 Å². The fourth-order valence-electron chi connectivity index (χ4n) is 1.87. The van der Waals surface area contributed by atoms with E-state index in [2.05, 4.69) is 27.4 Å². The SMILES string of the molecule is Cc1nc(CNC(=NCc2ccccc2)N(C)C)oc1C.I. The molecule has 2 rings (SSSR count). The van der Waals surface area contributed by atoms with Crippen molar-refractivity contribution in [3.05, 3.63) is 53.2 Å². The maximum atomic E-state index is 5.56. The molecule has 0 fully saturated rings. The second-order valence-corrected chi connectivity index (χ2v) is 5.12. The van der Waals surface area contributed by atoms with E-state index in [1.165, 1.54) is 5.56 Å². The minimum atomic E-state index is 0. The van der Waals surface area contributed by atoms with Gasteiger partial charge < -0.3 is 14.6 Å². The van der Waals surface area contributed by atoms with E-state index in [0.717, 1.165) is 17.4 Å². The quantitative estimate of drug-likeness (QED) is 0.475. The Balaban J connectivity index is 0.00000242. The largest absolute Gasteiger partial charge is 0.444 e. The van der Waals surface area contributed by atoms with Crippen LogP contribution in [0.1, 0.15) is 22.9 Å². The smallest absolute Gasteiger partial charge is 0.214 e. The standard InChI is InChI=1S/C16H22N4O.HI/c1-12-13(2)21-15(19-12)11-18-16(20(3)4)17-10-14-8-6-5-7-9-14;/h5-9H,10-11H2,1-4H3,(H,17,18);1H.